The predicted octanol–water partition coefficient (Wildman–Crippen LogP) is 3.40. The molecule has 0 aromatic heterocycles. The van der Waals surface area contributed by atoms with Crippen molar-refractivity contribution in [3.8, 4) is 0 Å². The standard InChI is InChI=1S/C12H23F2N/c1-5-10(4)11-6-7-15(9(2)3)8-12(11,13)14/h9-11H,5-8H2,1-4H3/t10?,11-/m0/s1. The number of rotatable bonds is 3. The van der Waals surface area contributed by atoms with Crippen LogP contribution >= 0.6 is 0 Å². The molecular weight excluding hydrogens is 196 g/mol. The lowest BCUT2D eigenvalue weighted by Crippen LogP contribution is -2.52. The van der Waals surface area contributed by atoms with E-state index in [1.54, 1.807) is 0 Å². The second-order valence-electron chi connectivity index (χ2n) is 5.11. The van der Waals surface area contributed by atoms with Crippen molar-refractivity contribution in [2.75, 3.05) is 13.1 Å². The van der Waals surface area contributed by atoms with E-state index in [4.69, 9.17) is 0 Å². The van der Waals surface area contributed by atoms with Gasteiger partial charge in [0.25, 0.3) is 5.92 Å². The van der Waals surface area contributed by atoms with Crippen LogP contribution in [0.25, 0.3) is 0 Å². The summed E-state index contributed by atoms with van der Waals surface area (Å²) in [7, 11) is 0. The molecule has 0 spiro atoms. The highest BCUT2D eigenvalue weighted by molar-refractivity contribution is 4.89. The number of hydrogen-bond acceptors (Lipinski definition) is 1. The number of alkyl halides is 2. The van der Waals surface area contributed by atoms with Crippen LogP contribution in [0.5, 0.6) is 0 Å². The van der Waals surface area contributed by atoms with Crippen molar-refractivity contribution in [1.82, 2.24) is 4.90 Å². The third-order valence-electron chi connectivity index (χ3n) is 3.74. The van der Waals surface area contributed by atoms with Crippen LogP contribution in [-0.2, 0) is 0 Å². The average molecular weight is 219 g/mol. The minimum absolute atomic E-state index is 0.0559. The second-order valence-corrected chi connectivity index (χ2v) is 5.11. The number of piperidine rings is 1. The van der Waals surface area contributed by atoms with Crippen LogP contribution in [-0.4, -0.2) is 30.0 Å². The Bertz CT molecular complexity index is 204. The van der Waals surface area contributed by atoms with Crippen LogP contribution in [0.15, 0.2) is 0 Å². The van der Waals surface area contributed by atoms with Gasteiger partial charge in [-0.25, -0.2) is 8.78 Å². The first-order chi connectivity index (χ1) is 6.88. The van der Waals surface area contributed by atoms with Gasteiger partial charge in [0.15, 0.2) is 0 Å². The van der Waals surface area contributed by atoms with E-state index >= 15 is 0 Å². The summed E-state index contributed by atoms with van der Waals surface area (Å²) in [6.45, 7) is 8.68. The molecule has 1 nitrogen and oxygen atoms in total. The van der Waals surface area contributed by atoms with Gasteiger partial charge in [0.2, 0.25) is 0 Å². The Morgan fingerprint density at radius 2 is 1.93 bits per heavy atom. The number of nitrogens with zero attached hydrogens (tertiary/aromatic N) is 1. The SMILES string of the molecule is CCC(C)[C@@H]1CCN(C(C)C)CC1(F)F. The average Bonchev–Trinajstić information content (AvgIpc) is 2.15. The summed E-state index contributed by atoms with van der Waals surface area (Å²) in [5.74, 6) is -2.79. The van der Waals surface area contributed by atoms with Crippen molar-refractivity contribution in [2.24, 2.45) is 11.8 Å². The molecular formula is C12H23F2N. The number of halogens is 2. The maximum Gasteiger partial charge on any atom is 0.263 e. The number of hydrogen-bond donors (Lipinski definition) is 0. The number of likely N-dealkylation sites (tertiary alicyclic amines) is 1. The first kappa shape index (κ1) is 12.9. The zero-order valence-corrected chi connectivity index (χ0v) is 10.3. The van der Waals surface area contributed by atoms with E-state index in [1.807, 2.05) is 32.6 Å². The molecule has 90 valence electrons. The lowest BCUT2D eigenvalue weighted by atomic mass is 9.81. The van der Waals surface area contributed by atoms with Crippen LogP contribution in [0.2, 0.25) is 0 Å². The van der Waals surface area contributed by atoms with E-state index in [-0.39, 0.29) is 18.5 Å². The normalized spacial score (nSPS) is 29.4. The highest BCUT2D eigenvalue weighted by atomic mass is 19.3. The second kappa shape index (κ2) is 4.77. The van der Waals surface area contributed by atoms with Gasteiger partial charge in [0.1, 0.15) is 0 Å². The Labute approximate surface area is 91.8 Å². The summed E-state index contributed by atoms with van der Waals surface area (Å²) in [4.78, 5) is 1.89. The Morgan fingerprint density at radius 3 is 2.33 bits per heavy atom. The zero-order chi connectivity index (χ0) is 11.6. The molecule has 0 bridgehead atoms. The summed E-state index contributed by atoms with van der Waals surface area (Å²) >= 11 is 0. The maximum absolute atomic E-state index is 13.9. The molecule has 1 aliphatic heterocycles. The lowest BCUT2D eigenvalue weighted by molar-refractivity contribution is -0.133. The molecule has 0 radical (unpaired) electrons. The fourth-order valence-electron chi connectivity index (χ4n) is 2.41. The Hall–Kier alpha value is -0.180. The molecule has 2 atom stereocenters. The van der Waals surface area contributed by atoms with Crippen LogP contribution in [0, 0.1) is 11.8 Å². The summed E-state index contributed by atoms with van der Waals surface area (Å²) in [5, 5.41) is 0. The Kier molecular flexibility index (Phi) is 4.10. The van der Waals surface area contributed by atoms with Crippen LogP contribution < -0.4 is 0 Å². The monoisotopic (exact) mass is 219 g/mol. The summed E-state index contributed by atoms with van der Waals surface area (Å²) in [6, 6.07) is 0.230. The first-order valence-corrected chi connectivity index (χ1v) is 6.00. The van der Waals surface area contributed by atoms with E-state index in [0.717, 1.165) is 13.0 Å². The molecule has 0 aliphatic carbocycles. The molecule has 1 unspecified atom stereocenters. The quantitative estimate of drug-likeness (QED) is 0.703. The molecule has 1 saturated heterocycles. The highest BCUT2D eigenvalue weighted by Gasteiger charge is 2.46. The zero-order valence-electron chi connectivity index (χ0n) is 10.3. The molecule has 0 aromatic carbocycles. The smallest absolute Gasteiger partial charge is 0.263 e. The van der Waals surface area contributed by atoms with Gasteiger partial charge < -0.3 is 0 Å². The van der Waals surface area contributed by atoms with Gasteiger partial charge in [0, 0.05) is 12.0 Å². The molecule has 1 rings (SSSR count). The van der Waals surface area contributed by atoms with Gasteiger partial charge in [0.05, 0.1) is 6.54 Å². The fourth-order valence-corrected chi connectivity index (χ4v) is 2.41. The van der Waals surface area contributed by atoms with Gasteiger partial charge >= 0.3 is 0 Å². The van der Waals surface area contributed by atoms with Crippen molar-refractivity contribution in [2.45, 2.75) is 52.5 Å². The van der Waals surface area contributed by atoms with E-state index in [9.17, 15) is 8.78 Å². The topological polar surface area (TPSA) is 3.24 Å². The van der Waals surface area contributed by atoms with E-state index in [1.165, 1.54) is 0 Å². The highest BCUT2D eigenvalue weighted by Crippen LogP contribution is 2.39. The molecule has 1 heterocycles. The third-order valence-corrected chi connectivity index (χ3v) is 3.74. The van der Waals surface area contributed by atoms with Crippen LogP contribution in [0.4, 0.5) is 8.78 Å². The summed E-state index contributed by atoms with van der Waals surface area (Å²) in [6.07, 6.45) is 1.49. The largest absolute Gasteiger partial charge is 0.295 e. The van der Waals surface area contributed by atoms with Crippen LogP contribution in [0.3, 0.4) is 0 Å². The molecule has 3 heteroatoms. The first-order valence-electron chi connectivity index (χ1n) is 6.00. The van der Waals surface area contributed by atoms with Crippen molar-refractivity contribution in [3.05, 3.63) is 0 Å². The molecule has 1 fully saturated rings. The van der Waals surface area contributed by atoms with E-state index < -0.39 is 11.8 Å². The van der Waals surface area contributed by atoms with Gasteiger partial charge in [-0.2, -0.15) is 0 Å². The summed E-state index contributed by atoms with van der Waals surface area (Å²) < 4.78 is 27.8. The van der Waals surface area contributed by atoms with Gasteiger partial charge in [-0.1, -0.05) is 20.3 Å². The van der Waals surface area contributed by atoms with Gasteiger partial charge in [-0.3, -0.25) is 4.90 Å². The summed E-state index contributed by atoms with van der Waals surface area (Å²) in [5.41, 5.74) is 0. The molecule has 15 heavy (non-hydrogen) atoms. The minimum Gasteiger partial charge on any atom is -0.295 e. The lowest BCUT2D eigenvalue weighted by Gasteiger charge is -2.42. The third kappa shape index (κ3) is 2.90. The molecule has 0 saturated carbocycles. The van der Waals surface area contributed by atoms with Gasteiger partial charge in [-0.05, 0) is 32.7 Å². The predicted molar refractivity (Wildman–Crippen MR) is 59.2 cm³/mol. The maximum atomic E-state index is 13.9. The van der Waals surface area contributed by atoms with Gasteiger partial charge in [-0.15, -0.1) is 0 Å². The minimum atomic E-state index is -2.50. The van der Waals surface area contributed by atoms with Crippen molar-refractivity contribution in [3.63, 3.8) is 0 Å². The van der Waals surface area contributed by atoms with Crippen molar-refractivity contribution in [1.29, 1.82) is 0 Å². The molecule has 0 amide bonds. The van der Waals surface area contributed by atoms with E-state index in [2.05, 4.69) is 0 Å². The van der Waals surface area contributed by atoms with E-state index in [0.29, 0.717) is 6.42 Å². The van der Waals surface area contributed by atoms with Crippen molar-refractivity contribution >= 4 is 0 Å². The molecule has 0 N–H and O–H groups in total. The fraction of sp³-hybridized carbons (Fsp3) is 1.00. The van der Waals surface area contributed by atoms with Crippen molar-refractivity contribution < 1.29 is 8.78 Å². The molecule has 0 aromatic rings. The van der Waals surface area contributed by atoms with Crippen LogP contribution in [0.1, 0.15) is 40.5 Å². The Morgan fingerprint density at radius 1 is 1.33 bits per heavy atom. The molecule has 1 aliphatic rings. The Balaban J connectivity index is 2.66.